The smallest absolute Gasteiger partial charge is 0.269 e. The number of amides is 1. The predicted molar refractivity (Wildman–Crippen MR) is 105 cm³/mol. The Labute approximate surface area is 157 Å². The van der Waals surface area contributed by atoms with E-state index in [-0.39, 0.29) is 23.1 Å². The topological polar surface area (TPSA) is 75.1 Å². The number of carbonyl (C=O) groups excluding carboxylic acids is 1. The van der Waals surface area contributed by atoms with Gasteiger partial charge in [-0.25, -0.2) is 4.98 Å². The van der Waals surface area contributed by atoms with Crippen molar-refractivity contribution in [1.82, 2.24) is 15.3 Å². The number of hydrogen-bond donors (Lipinski definition) is 2. The molecule has 6 heteroatoms. The van der Waals surface area contributed by atoms with Crippen LogP contribution in [0.5, 0.6) is 5.88 Å². The van der Waals surface area contributed by atoms with Gasteiger partial charge in [0.05, 0.1) is 0 Å². The van der Waals surface area contributed by atoms with E-state index >= 15 is 0 Å². The van der Waals surface area contributed by atoms with Crippen LogP contribution in [-0.2, 0) is 0 Å². The monoisotopic (exact) mass is 357 g/mol. The maximum Gasteiger partial charge on any atom is 0.269 e. The first-order valence-corrected chi connectivity index (χ1v) is 10.5. The summed E-state index contributed by atoms with van der Waals surface area (Å²) in [6.45, 7) is 0. The Morgan fingerprint density at radius 2 is 1.58 bits per heavy atom. The third kappa shape index (κ3) is 5.21. The molecule has 0 saturated heterocycles. The first kappa shape index (κ1) is 19.2. The van der Waals surface area contributed by atoms with Gasteiger partial charge >= 0.3 is 0 Å². The van der Waals surface area contributed by atoms with Crippen molar-refractivity contribution in [1.29, 1.82) is 0 Å². The molecule has 1 aromatic rings. The summed E-state index contributed by atoms with van der Waals surface area (Å²) in [5, 5.41) is 13.2. The lowest BCUT2D eigenvalue weighted by molar-refractivity contribution is 0.0912. The highest BCUT2D eigenvalue weighted by Crippen LogP contribution is 2.33. The quantitative estimate of drug-likeness (QED) is 0.813. The Morgan fingerprint density at radius 3 is 2.19 bits per heavy atom. The fourth-order valence-corrected chi connectivity index (χ4v) is 4.44. The van der Waals surface area contributed by atoms with Crippen LogP contribution in [0.1, 0.15) is 106 Å². The molecule has 2 aliphatic rings. The number of aromatic nitrogens is 2. The molecule has 1 amide bonds. The SMILES string of the molecule is BC1(NC(=O)c2cc(O)nc(C3CCCC3)n2)CCCCCCCCC1. The van der Waals surface area contributed by atoms with E-state index in [0.29, 0.717) is 11.5 Å². The molecule has 0 aliphatic heterocycles. The highest BCUT2D eigenvalue weighted by Gasteiger charge is 2.28. The molecule has 0 spiro atoms. The summed E-state index contributed by atoms with van der Waals surface area (Å²) in [5.74, 6) is 0.631. The Kier molecular flexibility index (Phi) is 6.55. The number of carbonyl (C=O) groups is 1. The van der Waals surface area contributed by atoms with E-state index in [0.717, 1.165) is 38.5 Å². The molecule has 0 radical (unpaired) electrons. The fraction of sp³-hybridized carbons (Fsp3) is 0.750. The van der Waals surface area contributed by atoms with Gasteiger partial charge in [-0.1, -0.05) is 57.8 Å². The summed E-state index contributed by atoms with van der Waals surface area (Å²) in [6.07, 6.45) is 15.2. The molecule has 0 unspecified atom stereocenters. The minimum absolute atomic E-state index is 0.0943. The zero-order valence-electron chi connectivity index (χ0n) is 16.1. The summed E-state index contributed by atoms with van der Waals surface area (Å²) < 4.78 is 0. The Bertz CT molecular complexity index is 607. The van der Waals surface area contributed by atoms with Gasteiger partial charge in [-0.2, -0.15) is 4.98 Å². The van der Waals surface area contributed by atoms with Crippen LogP contribution in [0.2, 0.25) is 0 Å². The van der Waals surface area contributed by atoms with Crippen molar-refractivity contribution >= 4 is 13.8 Å². The molecule has 5 nitrogen and oxygen atoms in total. The molecule has 0 aromatic carbocycles. The first-order valence-electron chi connectivity index (χ1n) is 10.5. The second kappa shape index (κ2) is 8.87. The fourth-order valence-electron chi connectivity index (χ4n) is 4.44. The van der Waals surface area contributed by atoms with Gasteiger partial charge in [0.1, 0.15) is 19.4 Å². The van der Waals surface area contributed by atoms with Crippen LogP contribution in [0.4, 0.5) is 0 Å². The van der Waals surface area contributed by atoms with Gasteiger partial charge < -0.3 is 10.4 Å². The zero-order valence-corrected chi connectivity index (χ0v) is 16.1. The second-order valence-corrected chi connectivity index (χ2v) is 8.44. The minimum Gasteiger partial charge on any atom is -0.493 e. The normalized spacial score (nSPS) is 22.0. The highest BCUT2D eigenvalue weighted by molar-refractivity contribution is 6.17. The van der Waals surface area contributed by atoms with Crippen molar-refractivity contribution in [3.8, 4) is 5.88 Å². The van der Waals surface area contributed by atoms with Crippen LogP contribution in [0.15, 0.2) is 6.07 Å². The Hall–Kier alpha value is -1.59. The predicted octanol–water partition coefficient (Wildman–Crippen LogP) is 3.42. The standard InChI is InChI=1S/C20H32BN3O2/c21-20(12-8-4-2-1-3-5-9-13-20)24-19(26)16-14-17(25)23-18(22-16)15-10-6-7-11-15/h14-15H,1-13,21H2,(H,24,26)(H,22,23,25). The van der Waals surface area contributed by atoms with E-state index in [1.165, 1.54) is 51.0 Å². The van der Waals surface area contributed by atoms with Gasteiger partial charge in [0.15, 0.2) is 0 Å². The maximum absolute atomic E-state index is 12.9. The molecule has 142 valence electrons. The van der Waals surface area contributed by atoms with E-state index in [2.05, 4.69) is 23.1 Å². The van der Waals surface area contributed by atoms with Gasteiger partial charge in [-0.05, 0) is 25.7 Å². The highest BCUT2D eigenvalue weighted by atomic mass is 16.3. The van der Waals surface area contributed by atoms with Crippen molar-refractivity contribution < 1.29 is 9.90 Å². The van der Waals surface area contributed by atoms with Crippen LogP contribution >= 0.6 is 0 Å². The molecule has 3 rings (SSSR count). The third-order valence-electron chi connectivity index (χ3n) is 6.06. The van der Waals surface area contributed by atoms with Gasteiger partial charge in [-0.3, -0.25) is 4.79 Å². The summed E-state index contributed by atoms with van der Waals surface area (Å²) in [6, 6.07) is 1.40. The summed E-state index contributed by atoms with van der Waals surface area (Å²) in [5.41, 5.74) is 0.111. The average molecular weight is 357 g/mol. The third-order valence-corrected chi connectivity index (χ3v) is 6.06. The molecule has 26 heavy (non-hydrogen) atoms. The van der Waals surface area contributed by atoms with E-state index < -0.39 is 0 Å². The van der Waals surface area contributed by atoms with Gasteiger partial charge in [0.2, 0.25) is 5.88 Å². The first-order chi connectivity index (χ1) is 12.6. The van der Waals surface area contributed by atoms with Crippen molar-refractivity contribution in [3.05, 3.63) is 17.6 Å². The Morgan fingerprint density at radius 1 is 1.00 bits per heavy atom. The lowest BCUT2D eigenvalue weighted by atomic mass is 9.69. The van der Waals surface area contributed by atoms with Crippen molar-refractivity contribution in [3.63, 3.8) is 0 Å². The summed E-state index contributed by atoms with van der Waals surface area (Å²) >= 11 is 0. The molecule has 2 fully saturated rings. The molecule has 1 aromatic heterocycles. The molecule has 0 atom stereocenters. The van der Waals surface area contributed by atoms with Crippen LogP contribution in [0.25, 0.3) is 0 Å². The number of nitrogens with one attached hydrogen (secondary N) is 1. The van der Waals surface area contributed by atoms with E-state index in [4.69, 9.17) is 0 Å². The summed E-state index contributed by atoms with van der Waals surface area (Å²) in [7, 11) is 2.16. The number of rotatable bonds is 3. The Balaban J connectivity index is 1.70. The average Bonchev–Trinajstić information content (AvgIpc) is 3.15. The lowest BCUT2D eigenvalue weighted by Gasteiger charge is -2.32. The van der Waals surface area contributed by atoms with Gasteiger partial charge in [-0.15, -0.1) is 0 Å². The lowest BCUT2D eigenvalue weighted by Crippen LogP contribution is -2.49. The molecule has 2 N–H and O–H groups in total. The van der Waals surface area contributed by atoms with Crippen LogP contribution in [0, 0.1) is 0 Å². The number of nitrogens with zero attached hydrogens (tertiary/aromatic N) is 2. The largest absolute Gasteiger partial charge is 0.493 e. The zero-order chi connectivity index (χ0) is 18.4. The van der Waals surface area contributed by atoms with Crippen LogP contribution in [-0.4, -0.2) is 34.3 Å². The van der Waals surface area contributed by atoms with Crippen molar-refractivity contribution in [2.75, 3.05) is 0 Å². The van der Waals surface area contributed by atoms with Crippen LogP contribution < -0.4 is 5.32 Å². The van der Waals surface area contributed by atoms with E-state index in [1.807, 2.05) is 0 Å². The van der Waals surface area contributed by atoms with Gasteiger partial charge in [0, 0.05) is 17.4 Å². The molecular weight excluding hydrogens is 325 g/mol. The maximum atomic E-state index is 12.9. The van der Waals surface area contributed by atoms with Crippen molar-refractivity contribution in [2.24, 2.45) is 0 Å². The molecule has 2 saturated carbocycles. The molecule has 2 aliphatic carbocycles. The second-order valence-electron chi connectivity index (χ2n) is 8.44. The number of hydrogen-bond acceptors (Lipinski definition) is 4. The molecule has 1 heterocycles. The number of aromatic hydroxyl groups is 1. The molecule has 0 bridgehead atoms. The van der Waals surface area contributed by atoms with E-state index in [1.54, 1.807) is 0 Å². The van der Waals surface area contributed by atoms with Gasteiger partial charge in [0.25, 0.3) is 5.91 Å². The van der Waals surface area contributed by atoms with E-state index in [9.17, 15) is 9.90 Å². The van der Waals surface area contributed by atoms with Crippen LogP contribution in [0.3, 0.4) is 0 Å². The minimum atomic E-state index is -0.192. The van der Waals surface area contributed by atoms with Crippen molar-refractivity contribution in [2.45, 2.75) is 94.8 Å². The molecular formula is C20H32BN3O2. The summed E-state index contributed by atoms with van der Waals surface area (Å²) in [4.78, 5) is 21.6.